The molecule has 0 unspecified atom stereocenters. The molecule has 0 aliphatic carbocycles. The molecule has 148 valence electrons. The Kier molecular flexibility index (Phi) is 6.28. The SMILES string of the molecule is CCN(CC)S(=O)(=O)c1ccc(C(=O)OCc2cc(-c3cccs3)on2)cc1. The summed E-state index contributed by atoms with van der Waals surface area (Å²) in [6, 6.07) is 11.3. The number of sulfonamides is 1. The third-order valence-corrected chi connectivity index (χ3v) is 7.06. The smallest absolute Gasteiger partial charge is 0.338 e. The van der Waals surface area contributed by atoms with Crippen LogP contribution in [0, 0.1) is 0 Å². The summed E-state index contributed by atoms with van der Waals surface area (Å²) in [6.07, 6.45) is 0. The Labute approximate surface area is 167 Å². The van der Waals surface area contributed by atoms with E-state index in [1.165, 1.54) is 39.9 Å². The van der Waals surface area contributed by atoms with Gasteiger partial charge in [0.05, 0.1) is 15.3 Å². The molecular weight excluding hydrogens is 400 g/mol. The number of thiophene rings is 1. The van der Waals surface area contributed by atoms with Gasteiger partial charge in [-0.2, -0.15) is 4.31 Å². The van der Waals surface area contributed by atoms with E-state index in [1.807, 2.05) is 17.5 Å². The Hall–Kier alpha value is -2.49. The molecule has 0 N–H and O–H groups in total. The average molecular weight is 421 g/mol. The highest BCUT2D eigenvalue weighted by Gasteiger charge is 2.22. The second-order valence-electron chi connectivity index (χ2n) is 5.85. The minimum Gasteiger partial charge on any atom is -0.455 e. The highest BCUT2D eigenvalue weighted by atomic mass is 32.2. The Bertz CT molecular complexity index is 1020. The lowest BCUT2D eigenvalue weighted by molar-refractivity contribution is 0.0464. The Morgan fingerprint density at radius 3 is 2.50 bits per heavy atom. The van der Waals surface area contributed by atoms with Crippen LogP contribution in [0.4, 0.5) is 0 Å². The van der Waals surface area contributed by atoms with Crippen molar-refractivity contribution in [2.45, 2.75) is 25.3 Å². The summed E-state index contributed by atoms with van der Waals surface area (Å²) in [5.74, 6) is 0.0551. The largest absolute Gasteiger partial charge is 0.455 e. The zero-order valence-electron chi connectivity index (χ0n) is 15.5. The van der Waals surface area contributed by atoms with Crippen molar-refractivity contribution in [3.8, 4) is 10.6 Å². The highest BCUT2D eigenvalue weighted by molar-refractivity contribution is 7.89. The summed E-state index contributed by atoms with van der Waals surface area (Å²) in [6.45, 7) is 4.29. The van der Waals surface area contributed by atoms with Crippen molar-refractivity contribution in [3.05, 3.63) is 59.1 Å². The van der Waals surface area contributed by atoms with Crippen LogP contribution >= 0.6 is 11.3 Å². The van der Waals surface area contributed by atoms with Crippen molar-refractivity contribution in [1.82, 2.24) is 9.46 Å². The summed E-state index contributed by atoms with van der Waals surface area (Å²) >= 11 is 1.52. The van der Waals surface area contributed by atoms with Crippen molar-refractivity contribution in [2.75, 3.05) is 13.1 Å². The predicted molar refractivity (Wildman–Crippen MR) is 105 cm³/mol. The van der Waals surface area contributed by atoms with Crippen LogP contribution in [-0.4, -0.2) is 36.9 Å². The van der Waals surface area contributed by atoms with Crippen molar-refractivity contribution >= 4 is 27.3 Å². The molecule has 0 saturated heterocycles. The molecule has 0 aliphatic heterocycles. The van der Waals surface area contributed by atoms with E-state index in [9.17, 15) is 13.2 Å². The molecule has 3 aromatic rings. The topological polar surface area (TPSA) is 89.7 Å². The fourth-order valence-electron chi connectivity index (χ4n) is 2.61. The van der Waals surface area contributed by atoms with E-state index < -0.39 is 16.0 Å². The van der Waals surface area contributed by atoms with Crippen LogP contribution in [0.1, 0.15) is 29.9 Å². The summed E-state index contributed by atoms with van der Waals surface area (Å²) in [7, 11) is -3.56. The van der Waals surface area contributed by atoms with Crippen molar-refractivity contribution < 1.29 is 22.5 Å². The maximum absolute atomic E-state index is 12.5. The van der Waals surface area contributed by atoms with Gasteiger partial charge in [0.25, 0.3) is 0 Å². The first-order valence-electron chi connectivity index (χ1n) is 8.72. The number of esters is 1. The number of ether oxygens (including phenoxy) is 1. The van der Waals surface area contributed by atoms with Crippen molar-refractivity contribution in [2.24, 2.45) is 0 Å². The molecule has 9 heteroatoms. The summed E-state index contributed by atoms with van der Waals surface area (Å²) in [5, 5.41) is 5.82. The third kappa shape index (κ3) is 4.32. The molecule has 0 aliphatic rings. The van der Waals surface area contributed by atoms with Gasteiger partial charge in [-0.3, -0.25) is 0 Å². The van der Waals surface area contributed by atoms with Crippen LogP contribution in [0.5, 0.6) is 0 Å². The van der Waals surface area contributed by atoms with Gasteiger partial charge in [-0.25, -0.2) is 13.2 Å². The fourth-order valence-corrected chi connectivity index (χ4v) is 4.74. The maximum Gasteiger partial charge on any atom is 0.338 e. The number of carbonyl (C=O) groups excluding carboxylic acids is 1. The molecule has 1 aromatic carbocycles. The van der Waals surface area contributed by atoms with E-state index in [0.29, 0.717) is 24.5 Å². The highest BCUT2D eigenvalue weighted by Crippen LogP contribution is 2.25. The van der Waals surface area contributed by atoms with E-state index in [-0.39, 0.29) is 17.1 Å². The van der Waals surface area contributed by atoms with Crippen LogP contribution in [0.2, 0.25) is 0 Å². The van der Waals surface area contributed by atoms with Gasteiger partial charge in [-0.05, 0) is 35.7 Å². The molecule has 0 spiro atoms. The Balaban J connectivity index is 1.64. The van der Waals surface area contributed by atoms with E-state index in [1.54, 1.807) is 19.9 Å². The van der Waals surface area contributed by atoms with Gasteiger partial charge < -0.3 is 9.26 Å². The van der Waals surface area contributed by atoms with Crippen LogP contribution in [0.3, 0.4) is 0 Å². The number of hydrogen-bond acceptors (Lipinski definition) is 7. The Morgan fingerprint density at radius 1 is 1.18 bits per heavy atom. The summed E-state index contributed by atoms with van der Waals surface area (Å²) < 4.78 is 36.8. The van der Waals surface area contributed by atoms with Gasteiger partial charge >= 0.3 is 5.97 Å². The van der Waals surface area contributed by atoms with Gasteiger partial charge in [0.2, 0.25) is 10.0 Å². The summed E-state index contributed by atoms with van der Waals surface area (Å²) in [4.78, 5) is 13.3. The number of benzene rings is 1. The lowest BCUT2D eigenvalue weighted by atomic mass is 10.2. The van der Waals surface area contributed by atoms with E-state index in [2.05, 4.69) is 5.16 Å². The van der Waals surface area contributed by atoms with Gasteiger partial charge in [-0.15, -0.1) is 11.3 Å². The molecule has 3 rings (SSSR count). The first-order valence-corrected chi connectivity index (χ1v) is 11.0. The first-order chi connectivity index (χ1) is 13.5. The molecular formula is C19H20N2O5S2. The standard InChI is InChI=1S/C19H20N2O5S2/c1-3-21(4-2)28(23,24)16-9-7-14(8-10-16)19(22)25-13-15-12-17(26-20-15)18-6-5-11-27-18/h5-12H,3-4,13H2,1-2H3. The number of carbonyl (C=O) groups is 1. The summed E-state index contributed by atoms with van der Waals surface area (Å²) in [5.41, 5.74) is 0.762. The van der Waals surface area contributed by atoms with Gasteiger partial charge in [-0.1, -0.05) is 25.1 Å². The minimum absolute atomic E-state index is 0.0345. The first kappa shape index (κ1) is 20.2. The van der Waals surface area contributed by atoms with E-state index >= 15 is 0 Å². The van der Waals surface area contributed by atoms with Crippen LogP contribution < -0.4 is 0 Å². The zero-order valence-corrected chi connectivity index (χ0v) is 17.1. The van der Waals surface area contributed by atoms with Crippen LogP contribution in [-0.2, 0) is 21.4 Å². The third-order valence-electron chi connectivity index (χ3n) is 4.11. The van der Waals surface area contributed by atoms with Crippen molar-refractivity contribution in [1.29, 1.82) is 0 Å². The molecule has 2 aromatic heterocycles. The molecule has 7 nitrogen and oxygen atoms in total. The second-order valence-corrected chi connectivity index (χ2v) is 8.74. The lowest BCUT2D eigenvalue weighted by Crippen LogP contribution is -2.30. The number of nitrogens with zero attached hydrogens (tertiary/aromatic N) is 2. The average Bonchev–Trinajstić information content (AvgIpc) is 3.38. The second kappa shape index (κ2) is 8.68. The normalized spacial score (nSPS) is 11.7. The monoisotopic (exact) mass is 420 g/mol. The molecule has 0 saturated carbocycles. The predicted octanol–water partition coefficient (Wildman–Crippen LogP) is 3.79. The van der Waals surface area contributed by atoms with Gasteiger partial charge in [0.15, 0.2) is 5.76 Å². The van der Waals surface area contributed by atoms with Crippen molar-refractivity contribution in [3.63, 3.8) is 0 Å². The Morgan fingerprint density at radius 2 is 1.89 bits per heavy atom. The van der Waals surface area contributed by atoms with E-state index in [4.69, 9.17) is 9.26 Å². The number of rotatable bonds is 8. The molecule has 0 amide bonds. The molecule has 0 atom stereocenters. The quantitative estimate of drug-likeness (QED) is 0.515. The maximum atomic E-state index is 12.5. The van der Waals surface area contributed by atoms with Crippen LogP contribution in [0.25, 0.3) is 10.6 Å². The van der Waals surface area contributed by atoms with Gasteiger partial charge in [0, 0.05) is 19.2 Å². The van der Waals surface area contributed by atoms with Crippen LogP contribution in [0.15, 0.2) is 57.3 Å². The number of aromatic nitrogens is 1. The number of hydrogen-bond donors (Lipinski definition) is 0. The molecule has 28 heavy (non-hydrogen) atoms. The molecule has 0 fully saturated rings. The van der Waals surface area contributed by atoms with Gasteiger partial charge in [0.1, 0.15) is 12.3 Å². The zero-order chi connectivity index (χ0) is 20.1. The van der Waals surface area contributed by atoms with E-state index in [0.717, 1.165) is 4.88 Å². The lowest BCUT2D eigenvalue weighted by Gasteiger charge is -2.18. The fraction of sp³-hybridized carbons (Fsp3) is 0.263. The molecule has 2 heterocycles. The molecule has 0 bridgehead atoms. The molecule has 0 radical (unpaired) electrons. The minimum atomic E-state index is -3.56.